The number of rotatable bonds is 7. The number of carbonyl (C=O) groups is 2. The maximum Gasteiger partial charge on any atom is 0.283 e. The van der Waals surface area contributed by atoms with Crippen LogP contribution in [0.2, 0.25) is 0 Å². The Hall–Kier alpha value is -1.84. The van der Waals surface area contributed by atoms with E-state index in [-0.39, 0.29) is 41.4 Å². The zero-order chi connectivity index (χ0) is 16.0. The molecule has 0 unspecified atom stereocenters. The summed E-state index contributed by atoms with van der Waals surface area (Å²) in [4.78, 5) is 33.3. The van der Waals surface area contributed by atoms with Gasteiger partial charge < -0.3 is 16.8 Å². The van der Waals surface area contributed by atoms with Crippen LogP contribution in [0.4, 0.5) is 5.69 Å². The molecule has 10 heteroatoms. The summed E-state index contributed by atoms with van der Waals surface area (Å²) in [5.74, 6) is -1.00. The van der Waals surface area contributed by atoms with Gasteiger partial charge in [-0.3, -0.25) is 19.7 Å². The van der Waals surface area contributed by atoms with Crippen molar-refractivity contribution < 1.29 is 14.5 Å². The molecule has 0 heterocycles. The van der Waals surface area contributed by atoms with Gasteiger partial charge in [-0.05, 0) is 19.1 Å². The van der Waals surface area contributed by atoms with Gasteiger partial charge in [0.05, 0.1) is 15.6 Å². The van der Waals surface area contributed by atoms with Gasteiger partial charge in [-0.25, -0.2) is 0 Å². The molecule has 0 aliphatic heterocycles. The molecule has 1 aromatic rings. The Balaban J connectivity index is 0.00000441. The summed E-state index contributed by atoms with van der Waals surface area (Å²) in [5.41, 5.74) is 10.3. The molecule has 8 nitrogen and oxygen atoms in total. The topological polar surface area (TPSA) is 141 Å². The number of nitrogens with one attached hydrogen (secondary N) is 1. The van der Waals surface area contributed by atoms with Crippen LogP contribution in [0.1, 0.15) is 17.3 Å². The lowest BCUT2D eigenvalue weighted by Crippen LogP contribution is -2.38. The minimum Gasteiger partial charge on any atom is -0.366 e. The van der Waals surface area contributed by atoms with Crippen molar-refractivity contribution in [3.63, 3.8) is 0 Å². The van der Waals surface area contributed by atoms with Crippen molar-refractivity contribution in [2.24, 2.45) is 11.5 Å². The molecule has 0 aliphatic rings. The number of primary amides is 1. The maximum absolute atomic E-state index is 11.6. The van der Waals surface area contributed by atoms with Crippen LogP contribution < -0.4 is 16.8 Å². The van der Waals surface area contributed by atoms with Crippen molar-refractivity contribution in [1.82, 2.24) is 5.32 Å². The van der Waals surface area contributed by atoms with Gasteiger partial charge in [-0.2, -0.15) is 0 Å². The summed E-state index contributed by atoms with van der Waals surface area (Å²) >= 11 is 1.01. The van der Waals surface area contributed by atoms with Crippen LogP contribution in [0.3, 0.4) is 0 Å². The molecule has 0 bridgehead atoms. The second-order valence-corrected chi connectivity index (χ2v) is 5.31. The fraction of sp³-hybridized carbons (Fsp3) is 0.333. The number of nitro benzene ring substituents is 1. The highest BCUT2D eigenvalue weighted by Crippen LogP contribution is 2.29. The number of nitrogens with two attached hydrogens (primary N) is 2. The van der Waals surface area contributed by atoms with Crippen molar-refractivity contribution in [2.45, 2.75) is 17.9 Å². The Bertz CT molecular complexity index is 570. The van der Waals surface area contributed by atoms with Crippen molar-refractivity contribution in [2.75, 3.05) is 12.3 Å². The van der Waals surface area contributed by atoms with E-state index in [1.807, 2.05) is 0 Å². The van der Waals surface area contributed by atoms with E-state index in [9.17, 15) is 19.7 Å². The van der Waals surface area contributed by atoms with E-state index in [1.54, 1.807) is 6.92 Å². The number of thioether (sulfide) groups is 1. The first-order valence-electron chi connectivity index (χ1n) is 6.05. The minimum atomic E-state index is -0.746. The number of carbonyl (C=O) groups excluding carboxylic acids is 2. The average Bonchev–Trinajstić information content (AvgIpc) is 2.44. The zero-order valence-corrected chi connectivity index (χ0v) is 13.4. The third kappa shape index (κ3) is 5.88. The molecule has 1 rings (SSSR count). The SMILES string of the molecule is C[C@@H](CN)NC(=O)CSc1ccc(C(N)=O)cc1[N+](=O)[O-].Cl. The van der Waals surface area contributed by atoms with Crippen molar-refractivity contribution >= 4 is 41.7 Å². The molecule has 0 aliphatic carbocycles. The van der Waals surface area contributed by atoms with Gasteiger partial charge in [0.1, 0.15) is 0 Å². The molecular weight excluding hydrogens is 332 g/mol. The highest BCUT2D eigenvalue weighted by Gasteiger charge is 2.18. The van der Waals surface area contributed by atoms with E-state index in [0.717, 1.165) is 17.8 Å². The molecule has 22 heavy (non-hydrogen) atoms. The molecular formula is C12H17ClN4O4S. The number of halogens is 1. The third-order valence-corrected chi connectivity index (χ3v) is 3.62. The molecule has 0 saturated heterocycles. The van der Waals surface area contributed by atoms with Crippen LogP contribution in [0, 0.1) is 10.1 Å². The van der Waals surface area contributed by atoms with Gasteiger partial charge in [0.15, 0.2) is 0 Å². The molecule has 1 aromatic carbocycles. The Labute approximate surface area is 137 Å². The summed E-state index contributed by atoms with van der Waals surface area (Å²) in [5, 5.41) is 13.6. The van der Waals surface area contributed by atoms with Crippen LogP contribution in [-0.4, -0.2) is 35.1 Å². The van der Waals surface area contributed by atoms with E-state index in [1.165, 1.54) is 12.1 Å². The first kappa shape index (κ1) is 20.2. The maximum atomic E-state index is 11.6. The fourth-order valence-corrected chi connectivity index (χ4v) is 2.27. The molecule has 0 fully saturated rings. The number of nitrogens with zero attached hydrogens (tertiary/aromatic N) is 1. The van der Waals surface area contributed by atoms with Crippen LogP contribution in [-0.2, 0) is 4.79 Å². The van der Waals surface area contributed by atoms with Crippen molar-refractivity contribution in [3.8, 4) is 0 Å². The van der Waals surface area contributed by atoms with Gasteiger partial charge in [0, 0.05) is 24.2 Å². The summed E-state index contributed by atoms with van der Waals surface area (Å²) < 4.78 is 0. The number of nitro groups is 1. The number of hydrogen-bond donors (Lipinski definition) is 3. The van der Waals surface area contributed by atoms with Gasteiger partial charge >= 0.3 is 0 Å². The average molecular weight is 349 g/mol. The number of amides is 2. The zero-order valence-electron chi connectivity index (χ0n) is 11.8. The lowest BCUT2D eigenvalue weighted by molar-refractivity contribution is -0.387. The molecule has 0 saturated carbocycles. The van der Waals surface area contributed by atoms with Crippen LogP contribution in [0.15, 0.2) is 23.1 Å². The summed E-state index contributed by atoms with van der Waals surface area (Å²) in [7, 11) is 0. The van der Waals surface area contributed by atoms with Gasteiger partial charge in [-0.1, -0.05) is 0 Å². The van der Waals surface area contributed by atoms with Gasteiger partial charge in [0.2, 0.25) is 11.8 Å². The predicted molar refractivity (Wildman–Crippen MR) is 86.2 cm³/mol. The molecule has 5 N–H and O–H groups in total. The Morgan fingerprint density at radius 3 is 2.59 bits per heavy atom. The minimum absolute atomic E-state index is 0. The van der Waals surface area contributed by atoms with E-state index in [0.29, 0.717) is 11.4 Å². The van der Waals surface area contributed by atoms with E-state index >= 15 is 0 Å². The van der Waals surface area contributed by atoms with E-state index in [2.05, 4.69) is 5.32 Å². The van der Waals surface area contributed by atoms with Crippen LogP contribution >= 0.6 is 24.2 Å². The normalized spacial score (nSPS) is 11.2. The predicted octanol–water partition coefficient (Wildman–Crippen LogP) is 0.671. The molecule has 122 valence electrons. The smallest absolute Gasteiger partial charge is 0.283 e. The van der Waals surface area contributed by atoms with Crippen LogP contribution in [0.5, 0.6) is 0 Å². The molecule has 0 aromatic heterocycles. The molecule has 1 atom stereocenters. The summed E-state index contributed by atoms with van der Waals surface area (Å²) in [6.45, 7) is 2.07. The van der Waals surface area contributed by atoms with Gasteiger partial charge in [-0.15, -0.1) is 24.2 Å². The van der Waals surface area contributed by atoms with Gasteiger partial charge in [0.25, 0.3) is 5.69 Å². The third-order valence-electron chi connectivity index (χ3n) is 2.56. The van der Waals surface area contributed by atoms with E-state index < -0.39 is 10.8 Å². The highest BCUT2D eigenvalue weighted by atomic mass is 35.5. The highest BCUT2D eigenvalue weighted by molar-refractivity contribution is 8.00. The first-order valence-corrected chi connectivity index (χ1v) is 7.04. The standard InChI is InChI=1S/C12H16N4O4S.ClH/c1-7(5-13)15-11(17)6-21-10-3-2-8(12(14)18)4-9(10)16(19)20;/h2-4,7H,5-6,13H2,1H3,(H2,14,18)(H,15,17);1H/t7-;/m0./s1. The molecule has 0 radical (unpaired) electrons. The Kier molecular flexibility index (Phi) is 8.46. The Morgan fingerprint density at radius 2 is 2.09 bits per heavy atom. The van der Waals surface area contributed by atoms with Crippen LogP contribution in [0.25, 0.3) is 0 Å². The number of benzene rings is 1. The fourth-order valence-electron chi connectivity index (χ4n) is 1.45. The molecule has 2 amide bonds. The molecule has 0 spiro atoms. The lowest BCUT2D eigenvalue weighted by atomic mass is 10.2. The van der Waals surface area contributed by atoms with E-state index in [4.69, 9.17) is 11.5 Å². The van der Waals surface area contributed by atoms with Crippen molar-refractivity contribution in [1.29, 1.82) is 0 Å². The Morgan fingerprint density at radius 1 is 1.45 bits per heavy atom. The monoisotopic (exact) mass is 348 g/mol. The quantitative estimate of drug-likeness (QED) is 0.375. The number of hydrogen-bond acceptors (Lipinski definition) is 6. The lowest BCUT2D eigenvalue weighted by Gasteiger charge is -2.11. The largest absolute Gasteiger partial charge is 0.366 e. The second kappa shape index (κ2) is 9.23. The summed E-state index contributed by atoms with van der Waals surface area (Å²) in [6.07, 6.45) is 0. The summed E-state index contributed by atoms with van der Waals surface area (Å²) in [6, 6.07) is 3.73. The second-order valence-electron chi connectivity index (χ2n) is 4.30. The first-order chi connectivity index (χ1) is 9.85. The van der Waals surface area contributed by atoms with Crippen molar-refractivity contribution in [3.05, 3.63) is 33.9 Å².